The molecule has 0 bridgehead atoms. The molecule has 1 N–H and O–H groups in total. The Kier molecular flexibility index (Phi) is 6.84. The van der Waals surface area contributed by atoms with E-state index < -0.39 is 0 Å². The van der Waals surface area contributed by atoms with Crippen molar-refractivity contribution in [3.63, 3.8) is 0 Å². The fourth-order valence-electron chi connectivity index (χ4n) is 2.50. The summed E-state index contributed by atoms with van der Waals surface area (Å²) in [5, 5.41) is 4.01. The summed E-state index contributed by atoms with van der Waals surface area (Å²) >= 11 is 13.8. The first-order valence-electron chi connectivity index (χ1n) is 8.52. The molecule has 0 aromatic heterocycles. The van der Waals surface area contributed by atoms with Gasteiger partial charge in [-0.2, -0.15) is 0 Å². The highest BCUT2D eigenvalue weighted by molar-refractivity contribution is 7.98. The van der Waals surface area contributed by atoms with Gasteiger partial charge in [0.1, 0.15) is 0 Å². The van der Waals surface area contributed by atoms with E-state index in [1.807, 2.05) is 30.3 Å². The van der Waals surface area contributed by atoms with E-state index in [0.29, 0.717) is 22.2 Å². The SMILES string of the molecule is Cc1ccc(SCc2ccc(C(=O)NCc3ccc(Cl)cc3Cl)cc2)cc1. The quantitative estimate of drug-likeness (QED) is 0.463. The Morgan fingerprint density at radius 2 is 1.67 bits per heavy atom. The summed E-state index contributed by atoms with van der Waals surface area (Å²) in [7, 11) is 0. The molecule has 27 heavy (non-hydrogen) atoms. The van der Waals surface area contributed by atoms with Crippen LogP contribution >= 0.6 is 35.0 Å². The average Bonchev–Trinajstić information content (AvgIpc) is 2.67. The summed E-state index contributed by atoms with van der Waals surface area (Å²) in [6.45, 7) is 2.44. The van der Waals surface area contributed by atoms with Gasteiger partial charge in [0.05, 0.1) is 0 Å². The Morgan fingerprint density at radius 3 is 2.33 bits per heavy atom. The molecule has 0 spiro atoms. The van der Waals surface area contributed by atoms with E-state index in [9.17, 15) is 4.79 Å². The zero-order valence-corrected chi connectivity index (χ0v) is 17.2. The van der Waals surface area contributed by atoms with E-state index in [2.05, 4.69) is 36.5 Å². The highest BCUT2D eigenvalue weighted by Crippen LogP contribution is 2.23. The molecule has 5 heteroatoms. The van der Waals surface area contributed by atoms with Gasteiger partial charge in [0.2, 0.25) is 0 Å². The van der Waals surface area contributed by atoms with E-state index in [1.54, 1.807) is 23.9 Å². The molecule has 2 nitrogen and oxygen atoms in total. The number of thioether (sulfide) groups is 1. The first kappa shape index (κ1) is 19.8. The van der Waals surface area contributed by atoms with Crippen molar-refractivity contribution in [1.82, 2.24) is 5.32 Å². The second-order valence-electron chi connectivity index (χ2n) is 6.22. The van der Waals surface area contributed by atoms with Crippen LogP contribution < -0.4 is 5.32 Å². The number of carbonyl (C=O) groups excluding carboxylic acids is 1. The zero-order chi connectivity index (χ0) is 19.2. The van der Waals surface area contributed by atoms with Crippen LogP contribution in [0.2, 0.25) is 10.0 Å². The predicted octanol–water partition coefficient (Wildman–Crippen LogP) is 6.52. The minimum Gasteiger partial charge on any atom is -0.348 e. The Labute approximate surface area is 173 Å². The first-order valence-corrected chi connectivity index (χ1v) is 10.3. The van der Waals surface area contributed by atoms with E-state index in [0.717, 1.165) is 11.3 Å². The molecule has 0 fully saturated rings. The molecule has 0 unspecified atom stereocenters. The Balaban J connectivity index is 1.54. The predicted molar refractivity (Wildman–Crippen MR) is 115 cm³/mol. The maximum Gasteiger partial charge on any atom is 0.251 e. The number of nitrogens with one attached hydrogen (secondary N) is 1. The summed E-state index contributed by atoms with van der Waals surface area (Å²) in [6, 6.07) is 21.4. The smallest absolute Gasteiger partial charge is 0.251 e. The molecule has 0 aliphatic carbocycles. The number of benzene rings is 3. The summed E-state index contributed by atoms with van der Waals surface area (Å²) in [5.74, 6) is 0.740. The summed E-state index contributed by atoms with van der Waals surface area (Å²) in [4.78, 5) is 13.6. The van der Waals surface area contributed by atoms with Gasteiger partial charge in [-0.05, 0) is 54.4 Å². The highest BCUT2D eigenvalue weighted by Gasteiger charge is 2.07. The van der Waals surface area contributed by atoms with Crippen LogP contribution in [0.1, 0.15) is 27.0 Å². The van der Waals surface area contributed by atoms with Crippen LogP contribution in [0.5, 0.6) is 0 Å². The molecule has 3 rings (SSSR count). The van der Waals surface area contributed by atoms with Crippen molar-refractivity contribution in [3.8, 4) is 0 Å². The van der Waals surface area contributed by atoms with Gasteiger partial charge in [0.25, 0.3) is 5.91 Å². The molecule has 0 radical (unpaired) electrons. The summed E-state index contributed by atoms with van der Waals surface area (Å²) < 4.78 is 0. The molecule has 138 valence electrons. The second-order valence-corrected chi connectivity index (χ2v) is 8.11. The fraction of sp³-hybridized carbons (Fsp3) is 0.136. The zero-order valence-electron chi connectivity index (χ0n) is 14.8. The van der Waals surface area contributed by atoms with Gasteiger partial charge in [-0.1, -0.05) is 59.1 Å². The van der Waals surface area contributed by atoms with E-state index >= 15 is 0 Å². The lowest BCUT2D eigenvalue weighted by atomic mass is 10.1. The second kappa shape index (κ2) is 9.32. The van der Waals surface area contributed by atoms with Crippen molar-refractivity contribution in [2.75, 3.05) is 0 Å². The van der Waals surface area contributed by atoms with Crippen molar-refractivity contribution in [2.24, 2.45) is 0 Å². The van der Waals surface area contributed by atoms with Gasteiger partial charge in [-0.3, -0.25) is 4.79 Å². The maximum atomic E-state index is 12.3. The maximum absolute atomic E-state index is 12.3. The third kappa shape index (κ3) is 5.77. The minimum atomic E-state index is -0.126. The Bertz CT molecular complexity index is 924. The van der Waals surface area contributed by atoms with Crippen molar-refractivity contribution < 1.29 is 4.79 Å². The molecule has 0 saturated heterocycles. The number of carbonyl (C=O) groups is 1. The lowest BCUT2D eigenvalue weighted by Gasteiger charge is -2.08. The Morgan fingerprint density at radius 1 is 0.963 bits per heavy atom. The topological polar surface area (TPSA) is 29.1 Å². The molecule has 1 amide bonds. The molecular formula is C22H19Cl2NOS. The largest absolute Gasteiger partial charge is 0.348 e. The lowest BCUT2D eigenvalue weighted by Crippen LogP contribution is -2.22. The van der Waals surface area contributed by atoms with E-state index in [4.69, 9.17) is 23.2 Å². The monoisotopic (exact) mass is 415 g/mol. The van der Waals surface area contributed by atoms with Crippen LogP contribution in [0.3, 0.4) is 0 Å². The van der Waals surface area contributed by atoms with Crippen molar-refractivity contribution in [3.05, 3.63) is 99.0 Å². The number of halogens is 2. The standard InChI is InChI=1S/C22H19Cl2NOS/c1-15-2-10-20(11-3-15)27-14-16-4-6-17(7-5-16)22(26)25-13-18-8-9-19(23)12-21(18)24/h2-12H,13-14H2,1H3,(H,25,26). The number of rotatable bonds is 6. The van der Waals surface area contributed by atoms with Crippen LogP contribution in [-0.2, 0) is 12.3 Å². The molecule has 0 heterocycles. The van der Waals surface area contributed by atoms with Gasteiger partial charge in [0, 0.05) is 32.8 Å². The molecule has 0 atom stereocenters. The lowest BCUT2D eigenvalue weighted by molar-refractivity contribution is 0.0951. The van der Waals surface area contributed by atoms with Crippen LogP contribution in [0.25, 0.3) is 0 Å². The van der Waals surface area contributed by atoms with Gasteiger partial charge < -0.3 is 5.32 Å². The number of amides is 1. The van der Waals surface area contributed by atoms with Crippen molar-refractivity contribution in [1.29, 1.82) is 0 Å². The van der Waals surface area contributed by atoms with E-state index in [1.165, 1.54) is 16.0 Å². The molecule has 3 aromatic carbocycles. The van der Waals surface area contributed by atoms with Crippen LogP contribution in [0.4, 0.5) is 0 Å². The van der Waals surface area contributed by atoms with Crippen LogP contribution in [0.15, 0.2) is 71.6 Å². The Hall–Kier alpha value is -1.94. The van der Waals surface area contributed by atoms with Crippen LogP contribution in [0, 0.1) is 6.92 Å². The third-order valence-electron chi connectivity index (χ3n) is 4.10. The number of hydrogen-bond acceptors (Lipinski definition) is 2. The van der Waals surface area contributed by atoms with Crippen molar-refractivity contribution in [2.45, 2.75) is 24.1 Å². The van der Waals surface area contributed by atoms with Gasteiger partial charge in [-0.25, -0.2) is 0 Å². The molecule has 0 saturated carbocycles. The molecule has 0 aliphatic rings. The van der Waals surface area contributed by atoms with Crippen molar-refractivity contribution >= 4 is 40.9 Å². The summed E-state index contributed by atoms with van der Waals surface area (Å²) in [6.07, 6.45) is 0. The van der Waals surface area contributed by atoms with Gasteiger partial charge in [-0.15, -0.1) is 11.8 Å². The third-order valence-corrected chi connectivity index (χ3v) is 5.77. The summed E-state index contributed by atoms with van der Waals surface area (Å²) in [5.41, 5.74) is 3.90. The number of hydrogen-bond donors (Lipinski definition) is 1. The van der Waals surface area contributed by atoms with E-state index in [-0.39, 0.29) is 5.91 Å². The minimum absolute atomic E-state index is 0.126. The average molecular weight is 416 g/mol. The number of aryl methyl sites for hydroxylation is 1. The molecule has 3 aromatic rings. The van der Waals surface area contributed by atoms with Crippen LogP contribution in [-0.4, -0.2) is 5.91 Å². The normalized spacial score (nSPS) is 10.6. The molecule has 0 aliphatic heterocycles. The highest BCUT2D eigenvalue weighted by atomic mass is 35.5. The fourth-order valence-corrected chi connectivity index (χ4v) is 3.83. The van der Waals surface area contributed by atoms with Gasteiger partial charge >= 0.3 is 0 Å². The van der Waals surface area contributed by atoms with Gasteiger partial charge in [0.15, 0.2) is 0 Å². The molecular weight excluding hydrogens is 397 g/mol. The first-order chi connectivity index (χ1) is 13.0.